The molecule has 0 radical (unpaired) electrons. The standard InChI is InChI=1S/C22H28N4/c1-2-3-4-5-12-23-14-18-6-8-19(9-7-18)15-25-21-11-10-20-16-24-17-26-22(20)13-21/h6-11,13,16-17,23,25H,2-5,12,14-15H2,1H3. The molecule has 4 heteroatoms. The van der Waals surface area contributed by atoms with E-state index < -0.39 is 0 Å². The Labute approximate surface area is 156 Å². The number of aromatic nitrogens is 2. The average Bonchev–Trinajstić information content (AvgIpc) is 2.70. The van der Waals surface area contributed by atoms with Crippen LogP contribution in [0.4, 0.5) is 5.69 Å². The number of hydrogen-bond donors (Lipinski definition) is 2. The number of nitrogens with zero attached hydrogens (tertiary/aromatic N) is 2. The Morgan fingerprint density at radius 3 is 2.50 bits per heavy atom. The van der Waals surface area contributed by atoms with Crippen LogP contribution in [0.5, 0.6) is 0 Å². The summed E-state index contributed by atoms with van der Waals surface area (Å²) in [5.41, 5.74) is 4.66. The van der Waals surface area contributed by atoms with E-state index in [2.05, 4.69) is 63.9 Å². The number of nitrogens with one attached hydrogen (secondary N) is 2. The minimum Gasteiger partial charge on any atom is -0.381 e. The highest BCUT2D eigenvalue weighted by Gasteiger charge is 1.99. The highest BCUT2D eigenvalue weighted by molar-refractivity contribution is 5.81. The first kappa shape index (κ1) is 18.3. The van der Waals surface area contributed by atoms with Crippen molar-refractivity contribution in [1.82, 2.24) is 15.3 Å². The second kappa shape index (κ2) is 9.88. The van der Waals surface area contributed by atoms with Crippen LogP contribution in [0.2, 0.25) is 0 Å². The lowest BCUT2D eigenvalue weighted by Crippen LogP contribution is -2.14. The quantitative estimate of drug-likeness (QED) is 0.511. The number of anilines is 1. The van der Waals surface area contributed by atoms with E-state index in [4.69, 9.17) is 0 Å². The maximum Gasteiger partial charge on any atom is 0.116 e. The molecular formula is C22H28N4. The molecule has 0 bridgehead atoms. The van der Waals surface area contributed by atoms with Crippen molar-refractivity contribution in [2.24, 2.45) is 0 Å². The van der Waals surface area contributed by atoms with Crippen molar-refractivity contribution in [2.75, 3.05) is 11.9 Å². The molecule has 0 saturated heterocycles. The third-order valence-electron chi connectivity index (χ3n) is 4.56. The number of benzene rings is 2. The fourth-order valence-electron chi connectivity index (χ4n) is 2.97. The number of rotatable bonds is 10. The molecule has 0 atom stereocenters. The van der Waals surface area contributed by atoms with E-state index in [1.165, 1.54) is 36.8 Å². The molecule has 3 aromatic rings. The zero-order valence-electron chi connectivity index (χ0n) is 15.5. The highest BCUT2D eigenvalue weighted by Crippen LogP contribution is 2.17. The van der Waals surface area contributed by atoms with Gasteiger partial charge in [-0.2, -0.15) is 0 Å². The van der Waals surface area contributed by atoms with Crippen molar-refractivity contribution in [3.05, 3.63) is 66.1 Å². The van der Waals surface area contributed by atoms with Gasteiger partial charge in [0.1, 0.15) is 6.33 Å². The van der Waals surface area contributed by atoms with Gasteiger partial charge in [-0.1, -0.05) is 50.5 Å². The first-order chi connectivity index (χ1) is 12.8. The minimum atomic E-state index is 0.807. The highest BCUT2D eigenvalue weighted by atomic mass is 14.9. The summed E-state index contributed by atoms with van der Waals surface area (Å²) < 4.78 is 0. The Kier molecular flexibility index (Phi) is 6.96. The molecule has 26 heavy (non-hydrogen) atoms. The lowest BCUT2D eigenvalue weighted by molar-refractivity contribution is 0.598. The summed E-state index contributed by atoms with van der Waals surface area (Å²) in [5, 5.41) is 8.06. The summed E-state index contributed by atoms with van der Waals surface area (Å²) >= 11 is 0. The first-order valence-electron chi connectivity index (χ1n) is 9.57. The predicted molar refractivity (Wildman–Crippen MR) is 109 cm³/mol. The number of hydrogen-bond acceptors (Lipinski definition) is 4. The van der Waals surface area contributed by atoms with Gasteiger partial charge in [0, 0.05) is 30.4 Å². The molecule has 0 unspecified atom stereocenters. The van der Waals surface area contributed by atoms with Gasteiger partial charge in [0.15, 0.2) is 0 Å². The van der Waals surface area contributed by atoms with Crippen LogP contribution < -0.4 is 10.6 Å². The maximum atomic E-state index is 4.30. The van der Waals surface area contributed by atoms with Crippen molar-refractivity contribution in [1.29, 1.82) is 0 Å². The van der Waals surface area contributed by atoms with Gasteiger partial charge in [-0.15, -0.1) is 0 Å². The molecule has 0 aliphatic rings. The molecule has 0 aliphatic heterocycles. The molecule has 2 N–H and O–H groups in total. The third kappa shape index (κ3) is 5.53. The smallest absolute Gasteiger partial charge is 0.116 e. The lowest BCUT2D eigenvalue weighted by atomic mass is 10.1. The molecule has 4 nitrogen and oxygen atoms in total. The lowest BCUT2D eigenvalue weighted by Gasteiger charge is -2.09. The van der Waals surface area contributed by atoms with Gasteiger partial charge in [0.2, 0.25) is 0 Å². The molecule has 0 saturated carbocycles. The van der Waals surface area contributed by atoms with Crippen LogP contribution >= 0.6 is 0 Å². The van der Waals surface area contributed by atoms with E-state index in [-0.39, 0.29) is 0 Å². The van der Waals surface area contributed by atoms with E-state index in [0.717, 1.165) is 36.2 Å². The summed E-state index contributed by atoms with van der Waals surface area (Å²) in [4.78, 5) is 8.35. The van der Waals surface area contributed by atoms with E-state index in [1.54, 1.807) is 6.33 Å². The number of fused-ring (bicyclic) bond motifs is 1. The fraction of sp³-hybridized carbons (Fsp3) is 0.364. The van der Waals surface area contributed by atoms with E-state index in [9.17, 15) is 0 Å². The maximum absolute atomic E-state index is 4.30. The summed E-state index contributed by atoms with van der Waals surface area (Å²) in [6.45, 7) is 5.11. The fourth-order valence-corrected chi connectivity index (χ4v) is 2.97. The van der Waals surface area contributed by atoms with E-state index in [0.29, 0.717) is 0 Å². The molecule has 1 aromatic heterocycles. The van der Waals surface area contributed by atoms with Crippen molar-refractivity contribution >= 4 is 16.6 Å². The predicted octanol–water partition coefficient (Wildman–Crippen LogP) is 4.91. The van der Waals surface area contributed by atoms with Crippen molar-refractivity contribution < 1.29 is 0 Å². The minimum absolute atomic E-state index is 0.807. The molecule has 136 valence electrons. The van der Waals surface area contributed by atoms with Crippen molar-refractivity contribution in [2.45, 2.75) is 45.7 Å². The van der Waals surface area contributed by atoms with Gasteiger partial charge in [-0.3, -0.25) is 0 Å². The van der Waals surface area contributed by atoms with Gasteiger partial charge >= 0.3 is 0 Å². The third-order valence-corrected chi connectivity index (χ3v) is 4.56. The van der Waals surface area contributed by atoms with Crippen LogP contribution in [-0.2, 0) is 13.1 Å². The Morgan fingerprint density at radius 1 is 0.885 bits per heavy atom. The molecule has 0 fully saturated rings. The van der Waals surface area contributed by atoms with Gasteiger partial charge in [0.25, 0.3) is 0 Å². The largest absolute Gasteiger partial charge is 0.381 e. The molecule has 2 aromatic carbocycles. The summed E-state index contributed by atoms with van der Waals surface area (Å²) in [7, 11) is 0. The Bertz CT molecular complexity index is 799. The SMILES string of the molecule is CCCCCCNCc1ccc(CNc2ccc3cncnc3c2)cc1. The second-order valence-electron chi connectivity index (χ2n) is 6.70. The summed E-state index contributed by atoms with van der Waals surface area (Å²) in [5.74, 6) is 0. The van der Waals surface area contributed by atoms with Gasteiger partial charge in [-0.05, 0) is 42.3 Å². The van der Waals surface area contributed by atoms with Crippen LogP contribution in [0.1, 0.15) is 43.7 Å². The monoisotopic (exact) mass is 348 g/mol. The van der Waals surface area contributed by atoms with E-state index >= 15 is 0 Å². The van der Waals surface area contributed by atoms with E-state index in [1.807, 2.05) is 12.3 Å². The van der Waals surface area contributed by atoms with Gasteiger partial charge in [0.05, 0.1) is 5.52 Å². The summed E-state index contributed by atoms with van der Waals surface area (Å²) in [6.07, 6.45) is 8.66. The van der Waals surface area contributed by atoms with Crippen molar-refractivity contribution in [3.63, 3.8) is 0 Å². The molecule has 1 heterocycles. The topological polar surface area (TPSA) is 49.8 Å². The zero-order chi connectivity index (χ0) is 18.0. The van der Waals surface area contributed by atoms with Gasteiger partial charge in [-0.25, -0.2) is 9.97 Å². The van der Waals surface area contributed by atoms with Crippen LogP contribution in [-0.4, -0.2) is 16.5 Å². The Morgan fingerprint density at radius 2 is 1.69 bits per heavy atom. The van der Waals surface area contributed by atoms with Crippen LogP contribution in [0.25, 0.3) is 10.9 Å². The normalized spacial score (nSPS) is 11.0. The van der Waals surface area contributed by atoms with Crippen LogP contribution in [0, 0.1) is 0 Å². The van der Waals surface area contributed by atoms with Crippen molar-refractivity contribution in [3.8, 4) is 0 Å². The second-order valence-corrected chi connectivity index (χ2v) is 6.70. The molecule has 0 spiro atoms. The molecule has 0 amide bonds. The van der Waals surface area contributed by atoms with Gasteiger partial charge < -0.3 is 10.6 Å². The summed E-state index contributed by atoms with van der Waals surface area (Å²) in [6, 6.07) is 15.0. The first-order valence-corrected chi connectivity index (χ1v) is 9.57. The Hall–Kier alpha value is -2.46. The molecular weight excluding hydrogens is 320 g/mol. The van der Waals surface area contributed by atoms with Crippen LogP contribution in [0.15, 0.2) is 55.0 Å². The molecule has 0 aliphatic carbocycles. The molecule has 3 rings (SSSR count). The number of unbranched alkanes of at least 4 members (excludes halogenated alkanes) is 3. The van der Waals surface area contributed by atoms with Crippen LogP contribution in [0.3, 0.4) is 0 Å². The zero-order valence-corrected chi connectivity index (χ0v) is 15.5. The Balaban J connectivity index is 1.44. The average molecular weight is 348 g/mol.